The summed E-state index contributed by atoms with van der Waals surface area (Å²) >= 11 is 1.50. The molecule has 0 saturated heterocycles. The van der Waals surface area contributed by atoms with E-state index >= 15 is 0 Å². The molecule has 2 unspecified atom stereocenters. The number of aryl methyl sites for hydroxylation is 1. The summed E-state index contributed by atoms with van der Waals surface area (Å²) in [4.78, 5) is 29.3. The van der Waals surface area contributed by atoms with Crippen molar-refractivity contribution in [3.05, 3.63) is 46.2 Å². The van der Waals surface area contributed by atoms with Gasteiger partial charge in [0.1, 0.15) is 5.82 Å². The minimum Gasteiger partial charge on any atom is -0.481 e. The predicted octanol–water partition coefficient (Wildman–Crippen LogP) is 3.99. The zero-order valence-electron chi connectivity index (χ0n) is 14.5. The van der Waals surface area contributed by atoms with Gasteiger partial charge in [-0.05, 0) is 42.9 Å². The summed E-state index contributed by atoms with van der Waals surface area (Å²) in [5, 5.41) is 12.5. The number of aliphatic carboxylic acids is 1. The highest BCUT2D eigenvalue weighted by atomic mass is 32.1. The monoisotopic (exact) mass is 376 g/mol. The predicted molar refractivity (Wildman–Crippen MR) is 97.9 cm³/mol. The van der Waals surface area contributed by atoms with E-state index in [-0.39, 0.29) is 18.7 Å². The number of halogens is 1. The summed E-state index contributed by atoms with van der Waals surface area (Å²) in [5.74, 6) is -1.55. The van der Waals surface area contributed by atoms with E-state index < -0.39 is 17.7 Å². The highest BCUT2D eigenvalue weighted by Crippen LogP contribution is 2.32. The van der Waals surface area contributed by atoms with E-state index in [1.54, 1.807) is 0 Å². The Kier molecular flexibility index (Phi) is 5.66. The highest BCUT2D eigenvalue weighted by Gasteiger charge is 2.23. The number of thiazole rings is 1. The summed E-state index contributed by atoms with van der Waals surface area (Å²) in [7, 11) is 0. The number of carbonyl (C=O) groups is 2. The Balaban J connectivity index is 1.68. The number of carboxylic acid groups (broad SMARTS) is 1. The van der Waals surface area contributed by atoms with Gasteiger partial charge in [-0.3, -0.25) is 9.59 Å². The van der Waals surface area contributed by atoms with Gasteiger partial charge in [-0.15, -0.1) is 11.3 Å². The average Bonchev–Trinajstić information content (AvgIpc) is 2.95. The molecule has 2 N–H and O–H groups in total. The van der Waals surface area contributed by atoms with Crippen LogP contribution in [0.15, 0.2) is 24.3 Å². The smallest absolute Gasteiger partial charge is 0.303 e. The second-order valence-corrected chi connectivity index (χ2v) is 7.92. The van der Waals surface area contributed by atoms with Crippen LogP contribution in [0.5, 0.6) is 0 Å². The molecule has 0 spiro atoms. The molecule has 0 radical (unpaired) electrons. The number of fused-ring (bicyclic) bond motifs is 1. The minimum absolute atomic E-state index is 0.0125. The van der Waals surface area contributed by atoms with Gasteiger partial charge in [-0.1, -0.05) is 19.1 Å². The normalized spacial score (nSPS) is 17.4. The Bertz CT molecular complexity index is 804. The molecule has 1 aromatic heterocycles. The van der Waals surface area contributed by atoms with Crippen LogP contribution in [0, 0.1) is 11.7 Å². The second kappa shape index (κ2) is 7.95. The first-order valence-electron chi connectivity index (χ1n) is 8.66. The SMILES string of the molecule is CC1CCc2nc(NC(=O)CC(CC(=O)O)c3ccc(F)cc3)sc2C1. The van der Waals surface area contributed by atoms with Crippen LogP contribution in [0.2, 0.25) is 0 Å². The van der Waals surface area contributed by atoms with Crippen LogP contribution in [0.3, 0.4) is 0 Å². The largest absolute Gasteiger partial charge is 0.481 e. The van der Waals surface area contributed by atoms with Crippen molar-refractivity contribution in [1.82, 2.24) is 4.98 Å². The number of nitrogens with one attached hydrogen (secondary N) is 1. The summed E-state index contributed by atoms with van der Waals surface area (Å²) in [6, 6.07) is 5.61. The Morgan fingerprint density at radius 3 is 2.77 bits per heavy atom. The molecule has 138 valence electrons. The number of benzene rings is 1. The van der Waals surface area contributed by atoms with Gasteiger partial charge >= 0.3 is 5.97 Å². The molecule has 3 rings (SSSR count). The lowest BCUT2D eigenvalue weighted by Gasteiger charge is -2.15. The van der Waals surface area contributed by atoms with Crippen molar-refractivity contribution >= 4 is 28.3 Å². The maximum absolute atomic E-state index is 13.1. The van der Waals surface area contributed by atoms with E-state index in [1.165, 1.54) is 40.5 Å². The molecule has 0 fully saturated rings. The van der Waals surface area contributed by atoms with Gasteiger partial charge in [0.2, 0.25) is 5.91 Å². The van der Waals surface area contributed by atoms with Crippen molar-refractivity contribution in [3.8, 4) is 0 Å². The van der Waals surface area contributed by atoms with Gasteiger partial charge in [0, 0.05) is 17.2 Å². The van der Waals surface area contributed by atoms with Crippen molar-refractivity contribution < 1.29 is 19.1 Å². The fraction of sp³-hybridized carbons (Fsp3) is 0.421. The summed E-state index contributed by atoms with van der Waals surface area (Å²) in [6.45, 7) is 2.21. The molecule has 0 aliphatic heterocycles. The number of nitrogens with zero attached hydrogens (tertiary/aromatic N) is 1. The fourth-order valence-electron chi connectivity index (χ4n) is 3.24. The fourth-order valence-corrected chi connectivity index (χ4v) is 4.43. The van der Waals surface area contributed by atoms with E-state index in [4.69, 9.17) is 5.11 Å². The minimum atomic E-state index is -0.995. The van der Waals surface area contributed by atoms with E-state index in [2.05, 4.69) is 17.2 Å². The lowest BCUT2D eigenvalue weighted by Crippen LogP contribution is -2.17. The van der Waals surface area contributed by atoms with E-state index in [9.17, 15) is 14.0 Å². The van der Waals surface area contributed by atoms with Crippen LogP contribution in [-0.2, 0) is 22.4 Å². The summed E-state index contributed by atoms with van der Waals surface area (Å²) in [5.41, 5.74) is 1.69. The zero-order chi connectivity index (χ0) is 18.7. The first-order chi connectivity index (χ1) is 12.4. The highest BCUT2D eigenvalue weighted by molar-refractivity contribution is 7.15. The molecule has 5 nitrogen and oxygen atoms in total. The third-order valence-electron chi connectivity index (χ3n) is 4.63. The summed E-state index contributed by atoms with van der Waals surface area (Å²) in [6.07, 6.45) is 2.85. The molecule has 26 heavy (non-hydrogen) atoms. The van der Waals surface area contributed by atoms with Gasteiger partial charge in [0.25, 0.3) is 0 Å². The molecule has 2 atom stereocenters. The quantitative estimate of drug-likeness (QED) is 0.799. The molecule has 0 bridgehead atoms. The van der Waals surface area contributed by atoms with Crippen LogP contribution in [0.4, 0.5) is 9.52 Å². The van der Waals surface area contributed by atoms with Crippen molar-refractivity contribution in [2.24, 2.45) is 5.92 Å². The van der Waals surface area contributed by atoms with Crippen LogP contribution in [0.1, 0.15) is 48.2 Å². The number of anilines is 1. The molecule has 1 aromatic carbocycles. The van der Waals surface area contributed by atoms with E-state index in [0.29, 0.717) is 16.6 Å². The average molecular weight is 376 g/mol. The molecule has 7 heteroatoms. The lowest BCUT2D eigenvalue weighted by atomic mass is 9.92. The van der Waals surface area contributed by atoms with Gasteiger partial charge in [0.05, 0.1) is 12.1 Å². The van der Waals surface area contributed by atoms with Gasteiger partial charge in [-0.2, -0.15) is 0 Å². The van der Waals surface area contributed by atoms with Crippen LogP contribution in [0.25, 0.3) is 0 Å². The molecule has 1 amide bonds. The molecule has 1 aliphatic carbocycles. The van der Waals surface area contributed by atoms with Gasteiger partial charge in [-0.25, -0.2) is 9.37 Å². The van der Waals surface area contributed by atoms with Crippen LogP contribution in [-0.4, -0.2) is 22.0 Å². The van der Waals surface area contributed by atoms with Crippen molar-refractivity contribution in [1.29, 1.82) is 0 Å². The first kappa shape index (κ1) is 18.5. The number of carboxylic acids is 1. The number of carbonyl (C=O) groups excluding carboxylic acids is 1. The molecule has 1 heterocycles. The number of hydrogen-bond acceptors (Lipinski definition) is 4. The molecular formula is C19H21FN2O3S. The third-order valence-corrected chi connectivity index (χ3v) is 5.66. The van der Waals surface area contributed by atoms with Gasteiger partial charge in [0.15, 0.2) is 5.13 Å². The second-order valence-electron chi connectivity index (χ2n) is 6.84. The van der Waals surface area contributed by atoms with E-state index in [1.807, 2.05) is 0 Å². The van der Waals surface area contributed by atoms with Crippen molar-refractivity contribution in [2.75, 3.05) is 5.32 Å². The van der Waals surface area contributed by atoms with Crippen molar-refractivity contribution in [2.45, 2.75) is 44.9 Å². The standard InChI is InChI=1S/C19H21FN2O3S/c1-11-2-7-15-16(8-11)26-19(21-15)22-17(23)9-13(10-18(24)25)12-3-5-14(20)6-4-12/h3-6,11,13H,2,7-10H2,1H3,(H,24,25)(H,21,22,23). The zero-order valence-corrected chi connectivity index (χ0v) is 15.3. The third kappa shape index (κ3) is 4.66. The van der Waals surface area contributed by atoms with Gasteiger partial charge < -0.3 is 10.4 Å². The Labute approximate surface area is 155 Å². The number of hydrogen-bond donors (Lipinski definition) is 2. The number of rotatable bonds is 6. The summed E-state index contributed by atoms with van der Waals surface area (Å²) < 4.78 is 13.1. The topological polar surface area (TPSA) is 79.3 Å². The lowest BCUT2D eigenvalue weighted by molar-refractivity contribution is -0.137. The maximum Gasteiger partial charge on any atom is 0.303 e. The molecule has 2 aromatic rings. The van der Waals surface area contributed by atoms with E-state index in [0.717, 1.165) is 25.0 Å². The Morgan fingerprint density at radius 2 is 2.08 bits per heavy atom. The van der Waals surface area contributed by atoms with Crippen molar-refractivity contribution in [3.63, 3.8) is 0 Å². The maximum atomic E-state index is 13.1. The molecular weight excluding hydrogens is 355 g/mol. The van der Waals surface area contributed by atoms with Crippen LogP contribution < -0.4 is 5.32 Å². The molecule has 0 saturated carbocycles. The first-order valence-corrected chi connectivity index (χ1v) is 9.48. The Hall–Kier alpha value is -2.28. The van der Waals surface area contributed by atoms with Crippen LogP contribution >= 0.6 is 11.3 Å². The number of amides is 1. The number of aromatic nitrogens is 1. The Morgan fingerprint density at radius 1 is 1.35 bits per heavy atom. The molecule has 1 aliphatic rings.